The zero-order valence-electron chi connectivity index (χ0n) is 20.5. The minimum absolute atomic E-state index is 0.221. The minimum Gasteiger partial charge on any atom is -0.361 e. The highest BCUT2D eigenvalue weighted by Gasteiger charge is 2.25. The molecule has 188 valence electrons. The van der Waals surface area contributed by atoms with E-state index in [2.05, 4.69) is 65.7 Å². The van der Waals surface area contributed by atoms with Crippen molar-refractivity contribution in [3.05, 3.63) is 95.0 Å². The molecule has 5 heterocycles. The van der Waals surface area contributed by atoms with Gasteiger partial charge in [-0.25, -0.2) is 4.98 Å². The third-order valence-corrected chi connectivity index (χ3v) is 8.12. The summed E-state index contributed by atoms with van der Waals surface area (Å²) in [5.74, 6) is 0.273. The Labute approximate surface area is 222 Å². The average molecular weight is 520 g/mol. The van der Waals surface area contributed by atoms with Crippen LogP contribution in [0.3, 0.4) is 0 Å². The number of nitrogens with one attached hydrogen (secondary N) is 3. The van der Waals surface area contributed by atoms with Gasteiger partial charge in [0.25, 0.3) is 5.91 Å². The number of thiazole rings is 1. The molecular weight excluding hydrogens is 494 g/mol. The molecule has 0 radical (unpaired) electrons. The van der Waals surface area contributed by atoms with E-state index in [9.17, 15) is 4.79 Å². The van der Waals surface area contributed by atoms with Gasteiger partial charge < -0.3 is 10.3 Å². The van der Waals surface area contributed by atoms with Crippen LogP contribution in [0.1, 0.15) is 33.4 Å². The van der Waals surface area contributed by atoms with Crippen LogP contribution in [-0.2, 0) is 6.54 Å². The van der Waals surface area contributed by atoms with Crippen LogP contribution in [0, 0.1) is 0 Å². The van der Waals surface area contributed by atoms with E-state index in [4.69, 9.17) is 0 Å². The number of nitrogens with zero attached hydrogens (tertiary/aromatic N) is 4. The molecule has 0 aliphatic carbocycles. The summed E-state index contributed by atoms with van der Waals surface area (Å²) in [7, 11) is 0. The first-order chi connectivity index (χ1) is 18.7. The number of aromatic amines is 2. The van der Waals surface area contributed by atoms with Gasteiger partial charge in [-0.15, -0.1) is 11.3 Å². The second-order valence-corrected chi connectivity index (χ2v) is 10.6. The Morgan fingerprint density at radius 2 is 2.08 bits per heavy atom. The molecule has 1 saturated heterocycles. The van der Waals surface area contributed by atoms with Gasteiger partial charge in [0.05, 0.1) is 23.9 Å². The Morgan fingerprint density at radius 1 is 1.11 bits per heavy atom. The van der Waals surface area contributed by atoms with Crippen LogP contribution >= 0.6 is 11.3 Å². The number of H-pyrrole nitrogens is 2. The van der Waals surface area contributed by atoms with Gasteiger partial charge in [-0.3, -0.25) is 19.8 Å². The van der Waals surface area contributed by atoms with Crippen LogP contribution in [0.5, 0.6) is 0 Å². The van der Waals surface area contributed by atoms with Crippen molar-refractivity contribution in [3.8, 4) is 11.1 Å². The highest BCUT2D eigenvalue weighted by atomic mass is 32.1. The molecule has 1 unspecified atom stereocenters. The van der Waals surface area contributed by atoms with Gasteiger partial charge in [0.2, 0.25) is 0 Å². The summed E-state index contributed by atoms with van der Waals surface area (Å²) in [4.78, 5) is 27.9. The van der Waals surface area contributed by atoms with Crippen LogP contribution < -0.4 is 5.32 Å². The second kappa shape index (κ2) is 9.51. The largest absolute Gasteiger partial charge is 0.361 e. The molecular formula is C29H25N7OS. The van der Waals surface area contributed by atoms with Gasteiger partial charge in [-0.1, -0.05) is 18.2 Å². The van der Waals surface area contributed by atoms with E-state index in [1.807, 2.05) is 42.2 Å². The van der Waals surface area contributed by atoms with Gasteiger partial charge in [0.15, 0.2) is 0 Å². The van der Waals surface area contributed by atoms with Gasteiger partial charge in [-0.05, 0) is 65.9 Å². The number of hydrogen-bond donors (Lipinski definition) is 3. The fraction of sp³-hybridized carbons (Fsp3) is 0.172. The molecule has 4 aromatic heterocycles. The zero-order valence-corrected chi connectivity index (χ0v) is 21.3. The maximum atomic E-state index is 13.3. The zero-order chi connectivity index (χ0) is 25.5. The van der Waals surface area contributed by atoms with Crippen molar-refractivity contribution in [2.45, 2.75) is 18.9 Å². The Bertz CT molecular complexity index is 1750. The summed E-state index contributed by atoms with van der Waals surface area (Å²) in [6.45, 7) is 2.74. The van der Waals surface area contributed by atoms with Crippen molar-refractivity contribution in [1.29, 1.82) is 0 Å². The summed E-state index contributed by atoms with van der Waals surface area (Å²) >= 11 is 1.53. The van der Waals surface area contributed by atoms with E-state index in [0.29, 0.717) is 17.3 Å². The lowest BCUT2D eigenvalue weighted by molar-refractivity contribution is 0.102. The van der Waals surface area contributed by atoms with Crippen LogP contribution in [0.2, 0.25) is 0 Å². The lowest BCUT2D eigenvalue weighted by atomic mass is 9.99. The quantitative estimate of drug-likeness (QED) is 0.258. The monoisotopic (exact) mass is 519 g/mol. The third kappa shape index (κ3) is 4.25. The summed E-state index contributed by atoms with van der Waals surface area (Å²) in [6.07, 6.45) is 8.56. The highest BCUT2D eigenvalue weighted by molar-refractivity contribution is 7.09. The molecule has 9 heteroatoms. The molecule has 1 aliphatic rings. The summed E-state index contributed by atoms with van der Waals surface area (Å²) in [5, 5.41) is 15.1. The van der Waals surface area contributed by atoms with Crippen molar-refractivity contribution in [2.75, 3.05) is 18.4 Å². The molecule has 1 atom stereocenters. The topological polar surface area (TPSA) is 103 Å². The van der Waals surface area contributed by atoms with Crippen LogP contribution in [-0.4, -0.2) is 49.0 Å². The van der Waals surface area contributed by atoms with Crippen molar-refractivity contribution in [1.82, 2.24) is 30.0 Å². The maximum Gasteiger partial charge on any atom is 0.275 e. The maximum absolute atomic E-state index is 13.3. The number of anilines is 1. The average Bonchev–Trinajstić information content (AvgIpc) is 3.76. The van der Waals surface area contributed by atoms with Gasteiger partial charge in [-0.2, -0.15) is 5.10 Å². The molecule has 1 amide bonds. The van der Waals surface area contributed by atoms with Crippen molar-refractivity contribution < 1.29 is 4.79 Å². The van der Waals surface area contributed by atoms with Crippen molar-refractivity contribution in [3.63, 3.8) is 0 Å². The standard InChI is InChI=1S/C29H25N7OS/c37-29(27-17-38-28(33-27)16-36-10-7-19(15-36)18-3-2-8-30-13-18)34-25-11-20(12-26-23(25)14-32-35-26)21-4-1-5-24-22(21)6-9-31-24/h1-6,8-9,11-14,17,19,31H,7,10,15-16H2,(H,32,35)(H,34,37). The predicted octanol–water partition coefficient (Wildman–Crippen LogP) is 5.80. The predicted molar refractivity (Wildman–Crippen MR) is 150 cm³/mol. The summed E-state index contributed by atoms with van der Waals surface area (Å²) in [6, 6.07) is 16.5. The Kier molecular flexibility index (Phi) is 5.71. The SMILES string of the molecule is O=C(Nc1cc(-c2cccc3[nH]ccc23)cc2[nH]ncc12)c1csc(CN2CCC(c3cccnc3)C2)n1. The molecule has 8 nitrogen and oxygen atoms in total. The van der Waals surface area contributed by atoms with E-state index < -0.39 is 0 Å². The molecule has 1 aliphatic heterocycles. The first kappa shape index (κ1) is 22.8. The highest BCUT2D eigenvalue weighted by Crippen LogP contribution is 2.34. The Hall–Kier alpha value is -4.34. The lowest BCUT2D eigenvalue weighted by Crippen LogP contribution is -2.20. The molecule has 0 bridgehead atoms. The first-order valence-electron chi connectivity index (χ1n) is 12.6. The summed E-state index contributed by atoms with van der Waals surface area (Å²) in [5.41, 5.74) is 6.44. The number of likely N-dealkylation sites (tertiary alicyclic amines) is 1. The summed E-state index contributed by atoms with van der Waals surface area (Å²) < 4.78 is 0. The number of benzene rings is 2. The van der Waals surface area contributed by atoms with E-state index in [0.717, 1.165) is 64.0 Å². The van der Waals surface area contributed by atoms with Crippen molar-refractivity contribution in [2.24, 2.45) is 0 Å². The van der Waals surface area contributed by atoms with Crippen LogP contribution in [0.25, 0.3) is 32.9 Å². The van der Waals surface area contributed by atoms with Crippen LogP contribution in [0.4, 0.5) is 5.69 Å². The van der Waals surface area contributed by atoms with Crippen molar-refractivity contribution >= 4 is 44.7 Å². The first-order valence-corrected chi connectivity index (χ1v) is 13.5. The molecule has 2 aromatic carbocycles. The number of pyridine rings is 1. The van der Waals surface area contributed by atoms with Crippen LogP contribution in [0.15, 0.2) is 78.7 Å². The molecule has 38 heavy (non-hydrogen) atoms. The smallest absolute Gasteiger partial charge is 0.275 e. The number of amides is 1. The molecule has 1 fully saturated rings. The Morgan fingerprint density at radius 3 is 3.00 bits per heavy atom. The molecule has 3 N–H and O–H groups in total. The van der Waals surface area contributed by atoms with Gasteiger partial charge in [0.1, 0.15) is 10.7 Å². The Balaban J connectivity index is 1.10. The van der Waals surface area contributed by atoms with Gasteiger partial charge >= 0.3 is 0 Å². The van der Waals surface area contributed by atoms with E-state index in [-0.39, 0.29) is 5.91 Å². The number of carbonyl (C=O) groups is 1. The third-order valence-electron chi connectivity index (χ3n) is 7.28. The minimum atomic E-state index is -0.221. The van der Waals surface area contributed by atoms with E-state index in [1.165, 1.54) is 16.9 Å². The molecule has 0 saturated carbocycles. The normalized spacial score (nSPS) is 15.9. The van der Waals surface area contributed by atoms with E-state index >= 15 is 0 Å². The van der Waals surface area contributed by atoms with E-state index in [1.54, 1.807) is 6.20 Å². The second-order valence-electron chi connectivity index (χ2n) is 9.69. The molecule has 0 spiro atoms. The molecule has 6 aromatic rings. The number of carbonyl (C=O) groups excluding carboxylic acids is 1. The number of rotatable bonds is 6. The fourth-order valence-corrected chi connectivity index (χ4v) is 6.19. The fourth-order valence-electron chi connectivity index (χ4n) is 5.38. The molecule has 7 rings (SSSR count). The number of fused-ring (bicyclic) bond motifs is 2. The van der Waals surface area contributed by atoms with Gasteiger partial charge in [0, 0.05) is 46.8 Å². The number of hydrogen-bond acceptors (Lipinski definition) is 6. The number of aromatic nitrogens is 5. The lowest BCUT2D eigenvalue weighted by Gasteiger charge is -2.14.